The molecule has 3 rings (SSSR count). The lowest BCUT2D eigenvalue weighted by molar-refractivity contribution is -0.136. The number of allylic oxidation sites excluding steroid dienone is 1. The predicted octanol–water partition coefficient (Wildman–Crippen LogP) is 4.02. The summed E-state index contributed by atoms with van der Waals surface area (Å²) in [6.45, 7) is 11.7. The molecule has 2 saturated carbocycles. The number of carbonyl (C=O) groups excluding carboxylic acids is 1. The third-order valence-electron chi connectivity index (χ3n) is 6.73. The molecule has 0 aromatic carbocycles. The number of aliphatic hydroxyl groups excluding tert-OH is 1. The fourth-order valence-corrected chi connectivity index (χ4v) is 5.87. The van der Waals surface area contributed by atoms with Crippen LogP contribution in [0.3, 0.4) is 0 Å². The summed E-state index contributed by atoms with van der Waals surface area (Å²) in [5.74, 6) is 0.834. The first kappa shape index (κ1) is 16.8. The normalized spacial score (nSPS) is 39.7. The van der Waals surface area contributed by atoms with Crippen LogP contribution in [0.5, 0.6) is 0 Å². The van der Waals surface area contributed by atoms with Crippen molar-refractivity contribution in [3.63, 3.8) is 0 Å². The highest BCUT2D eigenvalue weighted by molar-refractivity contribution is 5.90. The molecule has 3 aliphatic rings. The topological polar surface area (TPSA) is 46.5 Å². The molecule has 0 radical (unpaired) electrons. The molecule has 1 N–H and O–H groups in total. The Bertz CT molecular complexity index is 545. The molecular formula is C20H30O3. The van der Waals surface area contributed by atoms with Crippen molar-refractivity contribution < 1.29 is 14.6 Å². The molecule has 0 spiro atoms. The van der Waals surface area contributed by atoms with E-state index in [4.69, 9.17) is 4.74 Å². The molecule has 3 nitrogen and oxygen atoms in total. The van der Waals surface area contributed by atoms with Crippen molar-refractivity contribution in [1.29, 1.82) is 0 Å². The van der Waals surface area contributed by atoms with Gasteiger partial charge in [-0.05, 0) is 67.3 Å². The van der Waals surface area contributed by atoms with E-state index in [2.05, 4.69) is 27.4 Å². The van der Waals surface area contributed by atoms with Gasteiger partial charge in [-0.2, -0.15) is 0 Å². The second-order valence-electron chi connectivity index (χ2n) is 8.73. The van der Waals surface area contributed by atoms with Gasteiger partial charge in [0.1, 0.15) is 6.61 Å². The zero-order chi connectivity index (χ0) is 16.8. The van der Waals surface area contributed by atoms with Gasteiger partial charge in [0.25, 0.3) is 0 Å². The van der Waals surface area contributed by atoms with Gasteiger partial charge in [0, 0.05) is 5.57 Å². The summed E-state index contributed by atoms with van der Waals surface area (Å²) in [5, 5.41) is 10.5. The van der Waals surface area contributed by atoms with E-state index in [0.717, 1.165) is 37.7 Å². The van der Waals surface area contributed by atoms with Crippen molar-refractivity contribution >= 4 is 5.97 Å². The molecule has 23 heavy (non-hydrogen) atoms. The van der Waals surface area contributed by atoms with Gasteiger partial charge in [0.15, 0.2) is 0 Å². The number of aliphatic hydroxyl groups is 1. The maximum atomic E-state index is 11.7. The average Bonchev–Trinajstić information content (AvgIpc) is 2.81. The second-order valence-corrected chi connectivity index (χ2v) is 8.73. The van der Waals surface area contributed by atoms with Crippen LogP contribution < -0.4 is 0 Å². The third-order valence-corrected chi connectivity index (χ3v) is 6.73. The highest BCUT2D eigenvalue weighted by Crippen LogP contribution is 2.61. The summed E-state index contributed by atoms with van der Waals surface area (Å²) in [7, 11) is 0. The van der Waals surface area contributed by atoms with Gasteiger partial charge in [0.05, 0.1) is 6.10 Å². The van der Waals surface area contributed by atoms with E-state index in [1.165, 1.54) is 12.0 Å². The molecule has 1 aliphatic heterocycles. The molecular weight excluding hydrogens is 288 g/mol. The molecule has 0 unspecified atom stereocenters. The molecule has 0 aromatic rings. The number of carbonyl (C=O) groups is 1. The Morgan fingerprint density at radius 1 is 1.35 bits per heavy atom. The summed E-state index contributed by atoms with van der Waals surface area (Å²) >= 11 is 0. The van der Waals surface area contributed by atoms with Crippen LogP contribution in [0.15, 0.2) is 23.8 Å². The zero-order valence-corrected chi connectivity index (χ0v) is 14.7. The van der Waals surface area contributed by atoms with Gasteiger partial charge in [-0.15, -0.1) is 0 Å². The fraction of sp³-hybridized carbons (Fsp3) is 0.750. The maximum absolute atomic E-state index is 11.7. The first-order valence-electron chi connectivity index (χ1n) is 8.96. The van der Waals surface area contributed by atoms with E-state index in [-0.39, 0.29) is 22.9 Å². The Labute approximate surface area is 139 Å². The van der Waals surface area contributed by atoms with Crippen molar-refractivity contribution in [3.05, 3.63) is 23.8 Å². The SMILES string of the molecule is C=C1CC[C@@H]2C(C)(C)C[C@H](O)C[C@@]2(C)[C@@H]1CCC1=CCOC1=O. The number of cyclic esters (lactones) is 1. The van der Waals surface area contributed by atoms with E-state index in [1.54, 1.807) is 0 Å². The van der Waals surface area contributed by atoms with E-state index in [9.17, 15) is 9.90 Å². The summed E-state index contributed by atoms with van der Waals surface area (Å²) in [6, 6.07) is 0. The van der Waals surface area contributed by atoms with Crippen molar-refractivity contribution in [2.45, 2.75) is 65.4 Å². The quantitative estimate of drug-likeness (QED) is 0.631. The van der Waals surface area contributed by atoms with Crippen LogP contribution >= 0.6 is 0 Å². The standard InChI is InChI=1S/C20H30O3/c1-13-5-8-17-19(2,3)11-15(21)12-20(17,4)16(13)7-6-14-9-10-23-18(14)22/h9,15-17,21H,1,5-8,10-12H2,2-4H3/t15-,16+,17+,20-/m0/s1. The van der Waals surface area contributed by atoms with Gasteiger partial charge in [-0.25, -0.2) is 4.79 Å². The Hall–Kier alpha value is -1.09. The van der Waals surface area contributed by atoms with Crippen LogP contribution in [-0.2, 0) is 9.53 Å². The minimum absolute atomic E-state index is 0.0829. The van der Waals surface area contributed by atoms with Gasteiger partial charge in [-0.1, -0.05) is 32.9 Å². The molecule has 128 valence electrons. The minimum atomic E-state index is -0.227. The van der Waals surface area contributed by atoms with Crippen LogP contribution in [-0.4, -0.2) is 23.8 Å². The Morgan fingerprint density at radius 2 is 2.09 bits per heavy atom. The fourth-order valence-electron chi connectivity index (χ4n) is 5.87. The summed E-state index contributed by atoms with van der Waals surface area (Å²) in [6.07, 6.45) is 7.39. The lowest BCUT2D eigenvalue weighted by Crippen LogP contribution is -2.53. The number of hydrogen-bond donors (Lipinski definition) is 1. The van der Waals surface area contributed by atoms with Crippen LogP contribution in [0.1, 0.15) is 59.3 Å². The average molecular weight is 318 g/mol. The monoisotopic (exact) mass is 318 g/mol. The number of esters is 1. The molecule has 0 bridgehead atoms. The molecule has 4 atom stereocenters. The van der Waals surface area contributed by atoms with Crippen LogP contribution in [0, 0.1) is 22.7 Å². The summed E-state index contributed by atoms with van der Waals surface area (Å²) in [5.41, 5.74) is 2.37. The number of rotatable bonds is 3. The van der Waals surface area contributed by atoms with Crippen molar-refractivity contribution in [3.8, 4) is 0 Å². The Morgan fingerprint density at radius 3 is 2.74 bits per heavy atom. The summed E-state index contributed by atoms with van der Waals surface area (Å²) in [4.78, 5) is 11.7. The third kappa shape index (κ3) is 2.88. The molecule has 0 saturated heterocycles. The highest BCUT2D eigenvalue weighted by Gasteiger charge is 2.54. The van der Waals surface area contributed by atoms with E-state index in [0.29, 0.717) is 18.4 Å². The second kappa shape index (κ2) is 5.77. The molecule has 2 aliphatic carbocycles. The van der Waals surface area contributed by atoms with Crippen LogP contribution in [0.2, 0.25) is 0 Å². The number of ether oxygens (including phenoxy) is 1. The van der Waals surface area contributed by atoms with Gasteiger partial charge in [0.2, 0.25) is 0 Å². The Balaban J connectivity index is 1.82. The van der Waals surface area contributed by atoms with E-state index >= 15 is 0 Å². The molecule has 0 aromatic heterocycles. The number of fused-ring (bicyclic) bond motifs is 1. The molecule has 3 heteroatoms. The lowest BCUT2D eigenvalue weighted by atomic mass is 9.46. The predicted molar refractivity (Wildman–Crippen MR) is 90.8 cm³/mol. The highest BCUT2D eigenvalue weighted by atomic mass is 16.5. The van der Waals surface area contributed by atoms with Gasteiger partial charge in [-0.3, -0.25) is 0 Å². The first-order chi connectivity index (χ1) is 10.7. The van der Waals surface area contributed by atoms with Crippen LogP contribution in [0.4, 0.5) is 0 Å². The van der Waals surface area contributed by atoms with Crippen molar-refractivity contribution in [2.24, 2.45) is 22.7 Å². The van der Waals surface area contributed by atoms with E-state index in [1.807, 2.05) is 6.08 Å². The smallest absolute Gasteiger partial charge is 0.334 e. The lowest BCUT2D eigenvalue weighted by Gasteiger charge is -2.59. The summed E-state index contributed by atoms with van der Waals surface area (Å²) < 4.78 is 5.02. The largest absolute Gasteiger partial charge is 0.458 e. The van der Waals surface area contributed by atoms with Gasteiger partial charge >= 0.3 is 5.97 Å². The zero-order valence-electron chi connectivity index (χ0n) is 14.7. The first-order valence-corrected chi connectivity index (χ1v) is 8.96. The molecule has 0 amide bonds. The molecule has 1 heterocycles. The Kier molecular flexibility index (Phi) is 4.20. The minimum Gasteiger partial charge on any atom is -0.458 e. The van der Waals surface area contributed by atoms with Crippen LogP contribution in [0.25, 0.3) is 0 Å². The van der Waals surface area contributed by atoms with E-state index < -0.39 is 0 Å². The van der Waals surface area contributed by atoms with Crippen molar-refractivity contribution in [2.75, 3.05) is 6.61 Å². The maximum Gasteiger partial charge on any atom is 0.334 e. The number of hydrogen-bond acceptors (Lipinski definition) is 3. The van der Waals surface area contributed by atoms with Crippen molar-refractivity contribution in [1.82, 2.24) is 0 Å². The molecule has 2 fully saturated rings. The van der Waals surface area contributed by atoms with Gasteiger partial charge < -0.3 is 9.84 Å².